The van der Waals surface area contributed by atoms with Gasteiger partial charge in [-0.25, -0.2) is 9.98 Å². The first-order valence-corrected chi connectivity index (χ1v) is 17.8. The Labute approximate surface area is 278 Å². The average molecular weight is 694 g/mol. The predicted octanol–water partition coefficient (Wildman–Crippen LogP) is 5.23. The highest BCUT2D eigenvalue weighted by Crippen LogP contribution is 2.31. The van der Waals surface area contributed by atoms with E-state index in [2.05, 4.69) is 41.3 Å². The van der Waals surface area contributed by atoms with Crippen LogP contribution in [0.4, 0.5) is 17.1 Å². The van der Waals surface area contributed by atoms with Gasteiger partial charge >= 0.3 is 0 Å². The molecule has 2 heterocycles. The summed E-state index contributed by atoms with van der Waals surface area (Å²) >= 11 is 0. The fraction of sp³-hybridized carbons (Fsp3) is 0.281. The average Bonchev–Trinajstić information content (AvgIpc) is 3.57. The SMILES string of the molecule is CCN(CC)c1ccc(/N=C2/C(C(C)(C)C)=Nn3nc(-c4ccc(NC(=O)c5cc(S(=O)(=O)O)cc(S(=O)(=O)O)c5)cc4)nc32)c(C)c1. The molecule has 0 atom stereocenters. The van der Waals surface area contributed by atoms with Crippen LogP contribution in [-0.4, -0.2) is 71.2 Å². The first kappa shape index (κ1) is 34.6. The van der Waals surface area contributed by atoms with Crippen molar-refractivity contribution in [1.29, 1.82) is 0 Å². The zero-order chi connectivity index (χ0) is 35.2. The minimum Gasteiger partial charge on any atom is -0.372 e. The van der Waals surface area contributed by atoms with Gasteiger partial charge in [-0.3, -0.25) is 13.9 Å². The maximum absolute atomic E-state index is 12.9. The van der Waals surface area contributed by atoms with E-state index >= 15 is 0 Å². The normalized spacial score (nSPS) is 14.2. The van der Waals surface area contributed by atoms with Crippen LogP contribution < -0.4 is 10.2 Å². The standard InChI is InChI=1S/C32H35N7O7S2/c1-7-38(8-2)23-13-14-26(19(3)15-23)34-27-28(32(4,5)6)36-39-30(27)35-29(37-39)20-9-11-22(12-10-20)33-31(40)21-16-24(47(41,42)43)18-25(17-21)48(44,45)46/h9-18H,7-8H2,1-6H3,(H,33,40)(H,41,42,43)(H,44,45,46)/b34-27-. The first-order valence-electron chi connectivity index (χ1n) is 14.9. The lowest BCUT2D eigenvalue weighted by Gasteiger charge is -2.22. The number of aryl methyl sites for hydroxylation is 1. The lowest BCUT2D eigenvalue weighted by molar-refractivity contribution is 0.102. The Balaban J connectivity index is 1.43. The zero-order valence-electron chi connectivity index (χ0n) is 27.1. The van der Waals surface area contributed by atoms with E-state index in [-0.39, 0.29) is 11.1 Å². The van der Waals surface area contributed by atoms with Crippen molar-refractivity contribution in [3.63, 3.8) is 0 Å². The Kier molecular flexibility index (Phi) is 9.13. The van der Waals surface area contributed by atoms with Crippen molar-refractivity contribution in [1.82, 2.24) is 14.9 Å². The highest BCUT2D eigenvalue weighted by Gasteiger charge is 2.35. The third kappa shape index (κ3) is 7.21. The number of nitrogens with zero attached hydrogens (tertiary/aromatic N) is 6. The van der Waals surface area contributed by atoms with E-state index in [9.17, 15) is 30.7 Å². The fourth-order valence-electron chi connectivity index (χ4n) is 5.08. The highest BCUT2D eigenvalue weighted by atomic mass is 32.2. The largest absolute Gasteiger partial charge is 0.372 e. The number of carbonyl (C=O) groups excluding carboxylic acids is 1. The van der Waals surface area contributed by atoms with Crippen molar-refractivity contribution in [3.8, 4) is 11.4 Å². The summed E-state index contributed by atoms with van der Waals surface area (Å²) in [7, 11) is -9.77. The quantitative estimate of drug-likeness (QED) is 0.195. The van der Waals surface area contributed by atoms with Gasteiger partial charge in [0, 0.05) is 41.0 Å². The molecule has 0 spiro atoms. The summed E-state index contributed by atoms with van der Waals surface area (Å²) in [5.74, 6) is -0.0463. The maximum Gasteiger partial charge on any atom is 0.294 e. The van der Waals surface area contributed by atoms with Gasteiger partial charge in [-0.15, -0.1) is 9.89 Å². The smallest absolute Gasteiger partial charge is 0.294 e. The molecule has 14 nitrogen and oxygen atoms in total. The van der Waals surface area contributed by atoms with Crippen molar-refractivity contribution in [2.75, 3.05) is 23.3 Å². The molecule has 0 bridgehead atoms. The van der Waals surface area contributed by atoms with E-state index in [1.165, 1.54) is 4.79 Å². The Bertz CT molecular complexity index is 2150. The van der Waals surface area contributed by atoms with Gasteiger partial charge in [-0.2, -0.15) is 21.9 Å². The molecule has 16 heteroatoms. The summed E-state index contributed by atoms with van der Waals surface area (Å²) < 4.78 is 65.3. The molecule has 0 radical (unpaired) electrons. The Hall–Kier alpha value is -4.77. The van der Waals surface area contributed by atoms with E-state index in [0.29, 0.717) is 29.0 Å². The Morgan fingerprint density at radius 2 is 1.52 bits per heavy atom. The van der Waals surface area contributed by atoms with Gasteiger partial charge in [0.15, 0.2) is 5.82 Å². The van der Waals surface area contributed by atoms with Crippen LogP contribution in [0.5, 0.6) is 0 Å². The third-order valence-electron chi connectivity index (χ3n) is 7.61. The number of amides is 1. The summed E-state index contributed by atoms with van der Waals surface area (Å²) in [6.45, 7) is 14.2. The van der Waals surface area contributed by atoms with Gasteiger partial charge in [-0.1, -0.05) is 20.8 Å². The van der Waals surface area contributed by atoms with Crippen LogP contribution in [0.2, 0.25) is 0 Å². The van der Waals surface area contributed by atoms with E-state index in [1.54, 1.807) is 24.3 Å². The lowest BCUT2D eigenvalue weighted by Crippen LogP contribution is -2.27. The number of aliphatic imine (C=N–C) groups is 1. The Morgan fingerprint density at radius 1 is 0.917 bits per heavy atom. The number of aromatic nitrogens is 3. The number of benzene rings is 3. The van der Waals surface area contributed by atoms with Crippen LogP contribution in [0, 0.1) is 12.3 Å². The Morgan fingerprint density at radius 3 is 2.04 bits per heavy atom. The molecule has 3 aromatic carbocycles. The molecule has 0 aliphatic carbocycles. The van der Waals surface area contributed by atoms with E-state index < -0.39 is 41.5 Å². The molecule has 0 saturated carbocycles. The van der Waals surface area contributed by atoms with Crippen molar-refractivity contribution < 1.29 is 30.7 Å². The van der Waals surface area contributed by atoms with Crippen LogP contribution in [-0.2, 0) is 20.2 Å². The van der Waals surface area contributed by atoms with E-state index in [4.69, 9.17) is 15.1 Å². The number of fused-ring (bicyclic) bond motifs is 1. The highest BCUT2D eigenvalue weighted by molar-refractivity contribution is 7.86. The molecule has 0 unspecified atom stereocenters. The van der Waals surface area contributed by atoms with Crippen LogP contribution in [0.15, 0.2) is 80.5 Å². The molecule has 1 aliphatic rings. The second-order valence-electron chi connectivity index (χ2n) is 12.1. The van der Waals surface area contributed by atoms with Crippen molar-refractivity contribution in [2.45, 2.75) is 51.3 Å². The van der Waals surface area contributed by atoms with Crippen LogP contribution in [0.1, 0.15) is 56.4 Å². The molecule has 252 valence electrons. The van der Waals surface area contributed by atoms with Gasteiger partial charge in [0.2, 0.25) is 5.82 Å². The lowest BCUT2D eigenvalue weighted by atomic mass is 9.87. The second kappa shape index (κ2) is 12.7. The minimum absolute atomic E-state index is 0.278. The summed E-state index contributed by atoms with van der Waals surface area (Å²) in [5.41, 5.74) is 4.38. The van der Waals surface area contributed by atoms with Gasteiger partial charge in [-0.05, 0) is 87.0 Å². The van der Waals surface area contributed by atoms with Gasteiger partial charge in [0.05, 0.1) is 21.2 Å². The number of carbonyl (C=O) groups is 1. The molecule has 0 fully saturated rings. The molecule has 48 heavy (non-hydrogen) atoms. The van der Waals surface area contributed by atoms with E-state index in [1.807, 2.05) is 33.8 Å². The molecule has 4 aromatic rings. The van der Waals surface area contributed by atoms with Crippen LogP contribution >= 0.6 is 0 Å². The number of nitrogens with one attached hydrogen (secondary N) is 1. The summed E-state index contributed by atoms with van der Waals surface area (Å²) in [6.07, 6.45) is 0. The number of anilines is 2. The molecule has 3 N–H and O–H groups in total. The molecule has 1 aliphatic heterocycles. The summed E-state index contributed by atoms with van der Waals surface area (Å²) in [4.78, 5) is 24.7. The van der Waals surface area contributed by atoms with Gasteiger partial charge in [0.1, 0.15) is 5.71 Å². The van der Waals surface area contributed by atoms with Gasteiger partial charge in [0.25, 0.3) is 26.1 Å². The fourth-order valence-corrected chi connectivity index (χ4v) is 6.26. The number of hydrogen-bond donors (Lipinski definition) is 3. The monoisotopic (exact) mass is 693 g/mol. The van der Waals surface area contributed by atoms with Crippen LogP contribution in [0.3, 0.4) is 0 Å². The minimum atomic E-state index is -4.88. The van der Waals surface area contributed by atoms with Gasteiger partial charge < -0.3 is 10.2 Å². The number of rotatable bonds is 9. The predicted molar refractivity (Wildman–Crippen MR) is 183 cm³/mol. The first-order chi connectivity index (χ1) is 22.4. The van der Waals surface area contributed by atoms with Crippen molar-refractivity contribution in [2.24, 2.45) is 15.5 Å². The summed E-state index contributed by atoms with van der Waals surface area (Å²) in [6, 6.07) is 14.7. The molecule has 0 saturated heterocycles. The third-order valence-corrected chi connectivity index (χ3v) is 9.27. The molecule has 1 amide bonds. The van der Waals surface area contributed by atoms with Crippen molar-refractivity contribution in [3.05, 3.63) is 77.6 Å². The molecular formula is C32H35N7O7S2. The van der Waals surface area contributed by atoms with Crippen LogP contribution in [0.25, 0.3) is 11.4 Å². The topological polar surface area (TPSA) is 197 Å². The zero-order valence-corrected chi connectivity index (χ0v) is 28.8. The molecular weight excluding hydrogens is 659 g/mol. The summed E-state index contributed by atoms with van der Waals surface area (Å²) in [5, 5.41) is 11.8. The second-order valence-corrected chi connectivity index (χ2v) is 15.0. The van der Waals surface area contributed by atoms with Crippen molar-refractivity contribution >= 4 is 54.6 Å². The molecule has 5 rings (SSSR count). The molecule has 1 aromatic heterocycles. The number of hydrogen-bond acceptors (Lipinski definition) is 10. The van der Waals surface area contributed by atoms with E-state index in [0.717, 1.165) is 47.9 Å². The maximum atomic E-state index is 12.9.